The van der Waals surface area contributed by atoms with E-state index in [4.69, 9.17) is 11.6 Å². The topological polar surface area (TPSA) is 71.8 Å². The molecule has 6 nitrogen and oxygen atoms in total. The molecule has 0 bridgehead atoms. The van der Waals surface area contributed by atoms with Gasteiger partial charge in [0.1, 0.15) is 4.88 Å². The SMILES string of the molecule is Cc1cccc(Cl)c1NC(=O)c1cnc(Nc2ccc3c(c2)ncn3C)s1. The van der Waals surface area contributed by atoms with E-state index in [-0.39, 0.29) is 5.91 Å². The smallest absolute Gasteiger partial charge is 0.267 e. The first-order valence-electron chi connectivity index (χ1n) is 8.21. The van der Waals surface area contributed by atoms with Gasteiger partial charge in [-0.1, -0.05) is 35.1 Å². The van der Waals surface area contributed by atoms with Gasteiger partial charge in [0.25, 0.3) is 5.91 Å². The van der Waals surface area contributed by atoms with Crippen molar-refractivity contribution in [3.05, 3.63) is 64.4 Å². The summed E-state index contributed by atoms with van der Waals surface area (Å²) in [6.07, 6.45) is 3.32. The zero-order chi connectivity index (χ0) is 19.0. The number of nitrogens with zero attached hydrogens (tertiary/aromatic N) is 3. The molecule has 8 heteroatoms. The molecule has 2 heterocycles. The van der Waals surface area contributed by atoms with Crippen LogP contribution in [0.25, 0.3) is 11.0 Å². The van der Waals surface area contributed by atoms with Crippen molar-refractivity contribution in [1.82, 2.24) is 14.5 Å². The second kappa shape index (κ2) is 7.02. The molecule has 136 valence electrons. The van der Waals surface area contributed by atoms with Crippen molar-refractivity contribution in [2.75, 3.05) is 10.6 Å². The van der Waals surface area contributed by atoms with Gasteiger partial charge in [-0.2, -0.15) is 0 Å². The van der Waals surface area contributed by atoms with Gasteiger partial charge in [0.15, 0.2) is 5.13 Å². The van der Waals surface area contributed by atoms with Crippen molar-refractivity contribution in [2.45, 2.75) is 6.92 Å². The van der Waals surface area contributed by atoms with Crippen LogP contribution in [-0.4, -0.2) is 20.4 Å². The molecular weight excluding hydrogens is 382 g/mol. The molecule has 0 saturated heterocycles. The Morgan fingerprint density at radius 3 is 2.89 bits per heavy atom. The van der Waals surface area contributed by atoms with Crippen molar-refractivity contribution >= 4 is 56.4 Å². The first kappa shape index (κ1) is 17.5. The first-order chi connectivity index (χ1) is 13.0. The van der Waals surface area contributed by atoms with E-state index in [1.165, 1.54) is 11.3 Å². The van der Waals surface area contributed by atoms with Crippen LogP contribution in [-0.2, 0) is 7.05 Å². The molecule has 0 aliphatic heterocycles. The number of carbonyl (C=O) groups is 1. The van der Waals surface area contributed by atoms with Crippen molar-refractivity contribution in [3.63, 3.8) is 0 Å². The van der Waals surface area contributed by atoms with Crippen molar-refractivity contribution in [3.8, 4) is 0 Å². The van der Waals surface area contributed by atoms with Gasteiger partial charge in [-0.3, -0.25) is 4.79 Å². The maximum atomic E-state index is 12.5. The Hall–Kier alpha value is -2.90. The van der Waals surface area contributed by atoms with E-state index < -0.39 is 0 Å². The van der Waals surface area contributed by atoms with E-state index in [0.717, 1.165) is 22.3 Å². The number of anilines is 3. The van der Waals surface area contributed by atoms with Gasteiger partial charge in [0.2, 0.25) is 0 Å². The van der Waals surface area contributed by atoms with Crippen LogP contribution >= 0.6 is 22.9 Å². The summed E-state index contributed by atoms with van der Waals surface area (Å²) in [7, 11) is 1.95. The van der Waals surface area contributed by atoms with Gasteiger partial charge in [-0.15, -0.1) is 0 Å². The average Bonchev–Trinajstić information content (AvgIpc) is 3.25. The minimum absolute atomic E-state index is 0.239. The Balaban J connectivity index is 1.51. The number of aryl methyl sites for hydroxylation is 2. The summed E-state index contributed by atoms with van der Waals surface area (Å²) < 4.78 is 1.96. The summed E-state index contributed by atoms with van der Waals surface area (Å²) in [6, 6.07) is 11.4. The predicted octanol–water partition coefficient (Wildman–Crippen LogP) is 4.99. The fourth-order valence-corrected chi connectivity index (χ4v) is 3.74. The van der Waals surface area contributed by atoms with Gasteiger partial charge in [0, 0.05) is 12.7 Å². The summed E-state index contributed by atoms with van der Waals surface area (Å²) >= 11 is 7.45. The molecule has 0 unspecified atom stereocenters. The maximum absolute atomic E-state index is 12.5. The predicted molar refractivity (Wildman–Crippen MR) is 110 cm³/mol. The standard InChI is InChI=1S/C19H16ClN5OS/c1-11-4-3-5-13(20)17(11)24-18(26)16-9-21-19(27-16)23-12-6-7-15-14(8-12)22-10-25(15)2/h3-10H,1-2H3,(H,21,23)(H,24,26). The van der Waals surface area contributed by atoms with Crippen molar-refractivity contribution in [2.24, 2.45) is 7.05 Å². The minimum Gasteiger partial charge on any atom is -0.334 e. The lowest BCUT2D eigenvalue weighted by molar-refractivity contribution is 0.103. The van der Waals surface area contributed by atoms with Crippen LogP contribution in [0.4, 0.5) is 16.5 Å². The van der Waals surface area contributed by atoms with Gasteiger partial charge in [-0.05, 0) is 36.8 Å². The Kier molecular flexibility index (Phi) is 4.55. The molecule has 4 rings (SSSR count). The van der Waals surface area contributed by atoms with Gasteiger partial charge >= 0.3 is 0 Å². The number of thiazole rings is 1. The molecule has 0 spiro atoms. The number of para-hydroxylation sites is 1. The summed E-state index contributed by atoms with van der Waals surface area (Å²) in [6.45, 7) is 1.90. The fraction of sp³-hybridized carbons (Fsp3) is 0.105. The third-order valence-corrected chi connectivity index (χ3v) is 5.39. The monoisotopic (exact) mass is 397 g/mol. The Bertz CT molecular complexity index is 1130. The summed E-state index contributed by atoms with van der Waals surface area (Å²) in [5.41, 5.74) is 4.33. The molecule has 0 fully saturated rings. The van der Waals surface area contributed by atoms with E-state index >= 15 is 0 Å². The second-order valence-electron chi connectivity index (χ2n) is 6.10. The minimum atomic E-state index is -0.239. The second-order valence-corrected chi connectivity index (χ2v) is 7.54. The van der Waals surface area contributed by atoms with Crippen LogP contribution in [0.2, 0.25) is 5.02 Å². The maximum Gasteiger partial charge on any atom is 0.267 e. The lowest BCUT2D eigenvalue weighted by atomic mass is 10.2. The van der Waals surface area contributed by atoms with Gasteiger partial charge in [0.05, 0.1) is 34.3 Å². The van der Waals surface area contributed by atoms with E-state index in [1.807, 2.05) is 48.9 Å². The molecule has 0 aliphatic carbocycles. The molecule has 2 N–H and O–H groups in total. The largest absolute Gasteiger partial charge is 0.334 e. The Morgan fingerprint density at radius 1 is 1.22 bits per heavy atom. The number of aromatic nitrogens is 3. The number of fused-ring (bicyclic) bond motifs is 1. The highest BCUT2D eigenvalue weighted by Gasteiger charge is 2.14. The zero-order valence-electron chi connectivity index (χ0n) is 14.7. The molecule has 0 aliphatic rings. The van der Waals surface area contributed by atoms with Crippen molar-refractivity contribution in [1.29, 1.82) is 0 Å². The quantitative estimate of drug-likeness (QED) is 0.509. The lowest BCUT2D eigenvalue weighted by Crippen LogP contribution is -2.11. The Labute approximate surface area is 164 Å². The van der Waals surface area contributed by atoms with E-state index in [9.17, 15) is 4.79 Å². The number of nitrogens with one attached hydrogen (secondary N) is 2. The van der Waals surface area contributed by atoms with Crippen LogP contribution < -0.4 is 10.6 Å². The number of imidazole rings is 1. The molecule has 0 atom stereocenters. The van der Waals surface area contributed by atoms with Crippen LogP contribution in [0.15, 0.2) is 48.9 Å². The molecular formula is C19H16ClN5OS. The summed E-state index contributed by atoms with van der Waals surface area (Å²) in [5, 5.41) is 7.22. The van der Waals surface area contributed by atoms with Crippen molar-refractivity contribution < 1.29 is 4.79 Å². The summed E-state index contributed by atoms with van der Waals surface area (Å²) in [5.74, 6) is -0.239. The van der Waals surface area contributed by atoms with Gasteiger partial charge < -0.3 is 15.2 Å². The highest BCUT2D eigenvalue weighted by molar-refractivity contribution is 7.17. The molecule has 2 aromatic heterocycles. The number of hydrogen-bond donors (Lipinski definition) is 2. The molecule has 2 aromatic carbocycles. The van der Waals surface area contributed by atoms with E-state index in [2.05, 4.69) is 20.6 Å². The number of rotatable bonds is 4. The molecule has 0 radical (unpaired) electrons. The van der Waals surface area contributed by atoms with Crippen LogP contribution in [0.3, 0.4) is 0 Å². The number of halogens is 1. The third-order valence-electron chi connectivity index (χ3n) is 4.17. The zero-order valence-corrected chi connectivity index (χ0v) is 16.2. The van der Waals surface area contributed by atoms with Crippen LogP contribution in [0, 0.1) is 6.92 Å². The number of hydrogen-bond acceptors (Lipinski definition) is 5. The molecule has 27 heavy (non-hydrogen) atoms. The number of amides is 1. The van der Waals surface area contributed by atoms with Crippen LogP contribution in [0.1, 0.15) is 15.2 Å². The highest BCUT2D eigenvalue weighted by atomic mass is 35.5. The van der Waals surface area contributed by atoms with E-state index in [0.29, 0.717) is 20.7 Å². The van der Waals surface area contributed by atoms with Gasteiger partial charge in [-0.25, -0.2) is 9.97 Å². The third kappa shape index (κ3) is 3.51. The average molecular weight is 398 g/mol. The Morgan fingerprint density at radius 2 is 2.07 bits per heavy atom. The molecule has 4 aromatic rings. The highest BCUT2D eigenvalue weighted by Crippen LogP contribution is 2.28. The van der Waals surface area contributed by atoms with E-state index in [1.54, 1.807) is 18.6 Å². The molecule has 0 saturated carbocycles. The molecule has 1 amide bonds. The number of benzene rings is 2. The summed E-state index contributed by atoms with van der Waals surface area (Å²) in [4.78, 5) is 21.7. The lowest BCUT2D eigenvalue weighted by Gasteiger charge is -2.08. The number of carbonyl (C=O) groups excluding carboxylic acids is 1. The normalized spacial score (nSPS) is 10.9. The van der Waals surface area contributed by atoms with Crippen LogP contribution in [0.5, 0.6) is 0 Å². The fourth-order valence-electron chi connectivity index (χ4n) is 2.74. The first-order valence-corrected chi connectivity index (χ1v) is 9.41.